The number of aryl methyl sites for hydroxylation is 1. The molecule has 134 valence electrons. The minimum atomic E-state index is -0.0940. The van der Waals surface area contributed by atoms with E-state index < -0.39 is 0 Å². The molecule has 2 aromatic rings. The van der Waals surface area contributed by atoms with Crippen molar-refractivity contribution in [1.29, 1.82) is 0 Å². The van der Waals surface area contributed by atoms with E-state index in [0.717, 1.165) is 44.2 Å². The number of carbonyl (C=O) groups is 1. The number of aromatic nitrogens is 1. The van der Waals surface area contributed by atoms with Gasteiger partial charge in [-0.3, -0.25) is 14.6 Å². The normalized spacial score (nSPS) is 16.1. The summed E-state index contributed by atoms with van der Waals surface area (Å²) in [6.45, 7) is 6.40. The van der Waals surface area contributed by atoms with Crippen molar-refractivity contribution in [3.05, 3.63) is 45.8 Å². The average Bonchev–Trinajstić information content (AvgIpc) is 2.98. The SMILES string of the molecule is Cc1cc(CN2CCN(CC(=O)Nc3cc(Cl)ccc3Cl)CC2)on1. The fourth-order valence-corrected chi connectivity index (χ4v) is 3.14. The smallest absolute Gasteiger partial charge is 0.238 e. The van der Waals surface area contributed by atoms with Crippen molar-refractivity contribution < 1.29 is 9.32 Å². The van der Waals surface area contributed by atoms with Crippen LogP contribution in [0.4, 0.5) is 5.69 Å². The second-order valence-electron chi connectivity index (χ2n) is 6.16. The van der Waals surface area contributed by atoms with Crippen molar-refractivity contribution in [1.82, 2.24) is 15.0 Å². The van der Waals surface area contributed by atoms with Gasteiger partial charge in [-0.2, -0.15) is 0 Å². The van der Waals surface area contributed by atoms with Gasteiger partial charge in [0.1, 0.15) is 0 Å². The predicted octanol–water partition coefficient (Wildman–Crippen LogP) is 3.05. The standard InChI is InChI=1S/C17H20Cl2N4O2/c1-12-8-14(25-21-12)10-22-4-6-23(7-5-22)11-17(24)20-16-9-13(18)2-3-15(16)19/h2-3,8-9H,4-7,10-11H2,1H3,(H,20,24). The number of hydrogen-bond donors (Lipinski definition) is 1. The van der Waals surface area contributed by atoms with E-state index in [4.69, 9.17) is 27.7 Å². The van der Waals surface area contributed by atoms with Gasteiger partial charge >= 0.3 is 0 Å². The van der Waals surface area contributed by atoms with E-state index in [9.17, 15) is 4.79 Å². The maximum absolute atomic E-state index is 12.2. The summed E-state index contributed by atoms with van der Waals surface area (Å²) in [5, 5.41) is 7.74. The zero-order valence-electron chi connectivity index (χ0n) is 14.0. The monoisotopic (exact) mass is 382 g/mol. The van der Waals surface area contributed by atoms with Crippen molar-refractivity contribution in [2.24, 2.45) is 0 Å². The third kappa shape index (κ3) is 5.19. The first kappa shape index (κ1) is 18.2. The quantitative estimate of drug-likeness (QED) is 0.860. The van der Waals surface area contributed by atoms with Gasteiger partial charge in [0.2, 0.25) is 5.91 Å². The highest BCUT2D eigenvalue weighted by Gasteiger charge is 2.20. The highest BCUT2D eigenvalue weighted by atomic mass is 35.5. The summed E-state index contributed by atoms with van der Waals surface area (Å²) in [5.74, 6) is 0.780. The lowest BCUT2D eigenvalue weighted by Gasteiger charge is -2.33. The molecule has 0 saturated carbocycles. The second kappa shape index (κ2) is 8.19. The molecule has 3 rings (SSSR count). The number of piperazine rings is 1. The van der Waals surface area contributed by atoms with Crippen LogP contribution in [-0.4, -0.2) is 53.6 Å². The molecule has 1 aliphatic rings. The van der Waals surface area contributed by atoms with Crippen molar-refractivity contribution in [3.8, 4) is 0 Å². The van der Waals surface area contributed by atoms with Crippen LogP contribution in [0.3, 0.4) is 0 Å². The fourth-order valence-electron chi connectivity index (χ4n) is 2.80. The first-order valence-corrected chi connectivity index (χ1v) is 8.87. The number of benzene rings is 1. The molecule has 1 N–H and O–H groups in total. The summed E-state index contributed by atoms with van der Waals surface area (Å²) < 4.78 is 5.25. The molecule has 1 aliphatic heterocycles. The minimum absolute atomic E-state index is 0.0940. The molecule has 0 atom stereocenters. The average molecular weight is 383 g/mol. The molecule has 8 heteroatoms. The van der Waals surface area contributed by atoms with Gasteiger partial charge in [0.05, 0.1) is 29.5 Å². The molecular weight excluding hydrogens is 363 g/mol. The molecule has 1 aromatic carbocycles. The Balaban J connectivity index is 1.45. The summed E-state index contributed by atoms with van der Waals surface area (Å²) >= 11 is 12.0. The maximum atomic E-state index is 12.2. The number of amides is 1. The van der Waals surface area contributed by atoms with Gasteiger partial charge in [-0.1, -0.05) is 28.4 Å². The molecule has 1 fully saturated rings. The lowest BCUT2D eigenvalue weighted by Crippen LogP contribution is -2.48. The van der Waals surface area contributed by atoms with Crippen LogP contribution in [0, 0.1) is 6.92 Å². The van der Waals surface area contributed by atoms with Crippen molar-refractivity contribution >= 4 is 34.8 Å². The number of carbonyl (C=O) groups excluding carboxylic acids is 1. The van der Waals surface area contributed by atoms with Gasteiger partial charge in [0.25, 0.3) is 0 Å². The molecule has 2 heterocycles. The third-order valence-electron chi connectivity index (χ3n) is 4.09. The van der Waals surface area contributed by atoms with Crippen molar-refractivity contribution in [2.75, 3.05) is 38.0 Å². The number of anilines is 1. The predicted molar refractivity (Wildman–Crippen MR) is 98.0 cm³/mol. The van der Waals surface area contributed by atoms with Gasteiger partial charge < -0.3 is 9.84 Å². The number of hydrogen-bond acceptors (Lipinski definition) is 5. The molecule has 1 amide bonds. The number of halogens is 2. The fraction of sp³-hybridized carbons (Fsp3) is 0.412. The zero-order chi connectivity index (χ0) is 17.8. The molecule has 1 saturated heterocycles. The van der Waals surface area contributed by atoms with Crippen LogP contribution in [0.25, 0.3) is 0 Å². The minimum Gasteiger partial charge on any atom is -0.360 e. The van der Waals surface area contributed by atoms with Gasteiger partial charge in [0, 0.05) is 37.3 Å². The summed E-state index contributed by atoms with van der Waals surface area (Å²) in [7, 11) is 0. The largest absolute Gasteiger partial charge is 0.360 e. The first-order valence-electron chi connectivity index (χ1n) is 8.11. The lowest BCUT2D eigenvalue weighted by molar-refractivity contribution is -0.117. The molecule has 0 bridgehead atoms. The highest BCUT2D eigenvalue weighted by molar-refractivity contribution is 6.35. The molecule has 0 aliphatic carbocycles. The van der Waals surface area contributed by atoms with Crippen LogP contribution < -0.4 is 5.32 Å². The molecule has 1 aromatic heterocycles. The van der Waals surface area contributed by atoms with Gasteiger partial charge in [-0.05, 0) is 25.1 Å². The van der Waals surface area contributed by atoms with Crippen LogP contribution in [0.2, 0.25) is 10.0 Å². The summed E-state index contributed by atoms with van der Waals surface area (Å²) in [5.41, 5.74) is 1.43. The van der Waals surface area contributed by atoms with E-state index in [1.807, 2.05) is 13.0 Å². The number of rotatable bonds is 5. The lowest BCUT2D eigenvalue weighted by atomic mass is 10.2. The van der Waals surface area contributed by atoms with Gasteiger partial charge in [-0.25, -0.2) is 0 Å². The second-order valence-corrected chi connectivity index (χ2v) is 7.00. The molecule has 0 unspecified atom stereocenters. The number of nitrogens with one attached hydrogen (secondary N) is 1. The van der Waals surface area contributed by atoms with Crippen LogP contribution >= 0.6 is 23.2 Å². The number of nitrogens with zero attached hydrogens (tertiary/aromatic N) is 3. The first-order chi connectivity index (χ1) is 12.0. The molecule has 6 nitrogen and oxygen atoms in total. The van der Waals surface area contributed by atoms with E-state index in [1.54, 1.807) is 18.2 Å². The molecule has 0 radical (unpaired) electrons. The van der Waals surface area contributed by atoms with Crippen LogP contribution in [0.15, 0.2) is 28.8 Å². The summed E-state index contributed by atoms with van der Waals surface area (Å²) in [6.07, 6.45) is 0. The van der Waals surface area contributed by atoms with E-state index in [-0.39, 0.29) is 5.91 Å². The Morgan fingerprint density at radius 2 is 1.92 bits per heavy atom. The maximum Gasteiger partial charge on any atom is 0.238 e. The summed E-state index contributed by atoms with van der Waals surface area (Å²) in [6, 6.07) is 6.96. The van der Waals surface area contributed by atoms with Crippen LogP contribution in [0.5, 0.6) is 0 Å². The molecule has 0 spiro atoms. The topological polar surface area (TPSA) is 61.6 Å². The van der Waals surface area contributed by atoms with Gasteiger partial charge in [0.15, 0.2) is 5.76 Å². The zero-order valence-corrected chi connectivity index (χ0v) is 15.5. The Morgan fingerprint density at radius 3 is 2.60 bits per heavy atom. The Bertz CT molecular complexity index is 742. The van der Waals surface area contributed by atoms with Crippen LogP contribution in [-0.2, 0) is 11.3 Å². The van der Waals surface area contributed by atoms with E-state index in [2.05, 4.69) is 20.3 Å². The summed E-state index contributed by atoms with van der Waals surface area (Å²) in [4.78, 5) is 16.6. The molecule has 25 heavy (non-hydrogen) atoms. The Morgan fingerprint density at radius 1 is 1.20 bits per heavy atom. The van der Waals surface area contributed by atoms with E-state index in [1.165, 1.54) is 0 Å². The van der Waals surface area contributed by atoms with E-state index >= 15 is 0 Å². The van der Waals surface area contributed by atoms with E-state index in [0.29, 0.717) is 22.3 Å². The van der Waals surface area contributed by atoms with Crippen molar-refractivity contribution in [2.45, 2.75) is 13.5 Å². The van der Waals surface area contributed by atoms with Crippen LogP contribution in [0.1, 0.15) is 11.5 Å². The Kier molecular flexibility index (Phi) is 5.96. The molecular formula is C17H20Cl2N4O2. The highest BCUT2D eigenvalue weighted by Crippen LogP contribution is 2.25. The Hall–Kier alpha value is -1.60. The third-order valence-corrected chi connectivity index (χ3v) is 4.66. The van der Waals surface area contributed by atoms with Crippen molar-refractivity contribution in [3.63, 3.8) is 0 Å². The Labute approximate surface area is 156 Å². The van der Waals surface area contributed by atoms with Gasteiger partial charge in [-0.15, -0.1) is 0 Å².